The van der Waals surface area contributed by atoms with E-state index >= 15 is 0 Å². The van der Waals surface area contributed by atoms with Crippen LogP contribution in [0.4, 0.5) is 4.79 Å². The van der Waals surface area contributed by atoms with Gasteiger partial charge in [-0.05, 0) is 53.7 Å². The lowest BCUT2D eigenvalue weighted by atomic mass is 9.86. The Labute approximate surface area is 124 Å². The smallest absolute Gasteiger partial charge is 0.404 e. The topological polar surface area (TPSA) is 82.5 Å². The van der Waals surface area contributed by atoms with Crippen LogP contribution in [0.2, 0.25) is 0 Å². The first-order valence-corrected chi connectivity index (χ1v) is 7.39. The molecule has 1 saturated carbocycles. The average Bonchev–Trinajstić information content (AvgIpc) is 2.81. The summed E-state index contributed by atoms with van der Waals surface area (Å²) in [6.07, 6.45) is 4.76. The van der Waals surface area contributed by atoms with Gasteiger partial charge in [0.2, 0.25) is 0 Å². The molecular formula is C13H15BrN4O2. The zero-order valence-electron chi connectivity index (χ0n) is 10.8. The number of amides is 1. The third kappa shape index (κ3) is 2.63. The molecule has 0 saturated heterocycles. The van der Waals surface area contributed by atoms with E-state index < -0.39 is 6.09 Å². The van der Waals surface area contributed by atoms with E-state index in [0.717, 1.165) is 41.6 Å². The van der Waals surface area contributed by atoms with Gasteiger partial charge in [-0.1, -0.05) is 0 Å². The summed E-state index contributed by atoms with van der Waals surface area (Å²) < 4.78 is 8.09. The van der Waals surface area contributed by atoms with Crippen LogP contribution in [0.1, 0.15) is 37.4 Å². The molecule has 2 atom stereocenters. The molecule has 0 spiro atoms. The molecule has 1 fully saturated rings. The van der Waals surface area contributed by atoms with Gasteiger partial charge < -0.3 is 10.5 Å². The molecule has 2 aromatic rings. The Morgan fingerprint density at radius 3 is 3.05 bits per heavy atom. The summed E-state index contributed by atoms with van der Waals surface area (Å²) in [6, 6.07) is 3.86. The second kappa shape index (κ2) is 5.40. The lowest BCUT2D eigenvalue weighted by Gasteiger charge is -2.27. The zero-order valence-corrected chi connectivity index (χ0v) is 12.4. The maximum atomic E-state index is 10.9. The fraction of sp³-hybridized carbons (Fsp3) is 0.462. The molecule has 3 rings (SSSR count). The van der Waals surface area contributed by atoms with Crippen molar-refractivity contribution in [3.05, 3.63) is 28.6 Å². The van der Waals surface area contributed by atoms with Crippen LogP contribution in [0.5, 0.6) is 0 Å². The molecular weight excluding hydrogens is 324 g/mol. The van der Waals surface area contributed by atoms with E-state index in [1.54, 1.807) is 0 Å². The van der Waals surface area contributed by atoms with Gasteiger partial charge in [-0.25, -0.2) is 4.79 Å². The Morgan fingerprint density at radius 2 is 2.25 bits per heavy atom. The number of pyridine rings is 1. The van der Waals surface area contributed by atoms with Gasteiger partial charge in [0, 0.05) is 16.6 Å². The summed E-state index contributed by atoms with van der Waals surface area (Å²) in [4.78, 5) is 10.9. The van der Waals surface area contributed by atoms with Crippen LogP contribution in [0.15, 0.2) is 22.8 Å². The van der Waals surface area contributed by atoms with Crippen molar-refractivity contribution in [2.24, 2.45) is 5.73 Å². The van der Waals surface area contributed by atoms with Crippen LogP contribution in [-0.4, -0.2) is 26.8 Å². The SMILES string of the molecule is NC(=O)O[C@@H]1CCC[C@H](c2nnc3ccc(Br)cn23)C1. The predicted molar refractivity (Wildman–Crippen MR) is 76.4 cm³/mol. The largest absolute Gasteiger partial charge is 0.446 e. The maximum Gasteiger partial charge on any atom is 0.404 e. The van der Waals surface area contributed by atoms with Crippen LogP contribution in [-0.2, 0) is 4.74 Å². The highest BCUT2D eigenvalue weighted by Crippen LogP contribution is 2.33. The third-order valence-corrected chi connectivity index (χ3v) is 4.14. The number of hydrogen-bond acceptors (Lipinski definition) is 4. The first kappa shape index (κ1) is 13.4. The highest BCUT2D eigenvalue weighted by atomic mass is 79.9. The number of hydrogen-bond donors (Lipinski definition) is 1. The lowest BCUT2D eigenvalue weighted by Crippen LogP contribution is -2.28. The summed E-state index contributed by atoms with van der Waals surface area (Å²) in [5.41, 5.74) is 5.92. The molecule has 0 unspecified atom stereocenters. The Kier molecular flexibility index (Phi) is 3.60. The molecule has 0 aromatic carbocycles. The van der Waals surface area contributed by atoms with Crippen molar-refractivity contribution in [2.75, 3.05) is 0 Å². The average molecular weight is 339 g/mol. The number of primary amides is 1. The molecule has 2 N–H and O–H groups in total. The van der Waals surface area contributed by atoms with E-state index in [2.05, 4.69) is 26.1 Å². The van der Waals surface area contributed by atoms with E-state index in [4.69, 9.17) is 10.5 Å². The fourth-order valence-corrected chi connectivity index (χ4v) is 3.15. The van der Waals surface area contributed by atoms with Crippen molar-refractivity contribution in [1.82, 2.24) is 14.6 Å². The van der Waals surface area contributed by atoms with Gasteiger partial charge in [0.25, 0.3) is 0 Å². The number of carbonyl (C=O) groups is 1. The summed E-state index contributed by atoms with van der Waals surface area (Å²) in [6.45, 7) is 0. The Morgan fingerprint density at radius 1 is 1.40 bits per heavy atom. The summed E-state index contributed by atoms with van der Waals surface area (Å²) in [5.74, 6) is 1.15. The van der Waals surface area contributed by atoms with E-state index in [1.165, 1.54) is 0 Å². The second-order valence-corrected chi connectivity index (χ2v) is 5.97. The van der Waals surface area contributed by atoms with Crippen molar-refractivity contribution in [3.63, 3.8) is 0 Å². The number of ether oxygens (including phenoxy) is 1. The van der Waals surface area contributed by atoms with Crippen molar-refractivity contribution in [3.8, 4) is 0 Å². The lowest BCUT2D eigenvalue weighted by molar-refractivity contribution is 0.0758. The number of nitrogens with two attached hydrogens (primary N) is 1. The van der Waals surface area contributed by atoms with Crippen molar-refractivity contribution >= 4 is 27.7 Å². The molecule has 6 nitrogen and oxygen atoms in total. The van der Waals surface area contributed by atoms with Crippen molar-refractivity contribution in [2.45, 2.75) is 37.7 Å². The molecule has 2 aromatic heterocycles. The molecule has 1 amide bonds. The van der Waals surface area contributed by atoms with Crippen LogP contribution in [0.3, 0.4) is 0 Å². The summed E-state index contributed by atoms with van der Waals surface area (Å²) >= 11 is 3.46. The number of carbonyl (C=O) groups excluding carboxylic acids is 1. The minimum atomic E-state index is -0.704. The van der Waals surface area contributed by atoms with Crippen LogP contribution >= 0.6 is 15.9 Å². The van der Waals surface area contributed by atoms with Crippen molar-refractivity contribution in [1.29, 1.82) is 0 Å². The summed E-state index contributed by atoms with van der Waals surface area (Å²) in [7, 11) is 0. The molecule has 1 aliphatic carbocycles. The van der Waals surface area contributed by atoms with E-state index in [1.807, 2.05) is 22.7 Å². The standard InChI is InChI=1S/C13H15BrN4O2/c14-9-4-5-11-16-17-12(18(11)7-9)8-2-1-3-10(6-8)20-13(15)19/h4-5,7-8,10H,1-3,6H2,(H2,15,19)/t8-,10+/m0/s1. The van der Waals surface area contributed by atoms with Gasteiger partial charge in [-0.2, -0.15) is 0 Å². The first-order valence-electron chi connectivity index (χ1n) is 6.60. The predicted octanol–water partition coefficient (Wildman–Crippen LogP) is 2.61. The van der Waals surface area contributed by atoms with E-state index in [-0.39, 0.29) is 12.0 Å². The van der Waals surface area contributed by atoms with Gasteiger partial charge in [0.15, 0.2) is 5.65 Å². The number of halogens is 1. The zero-order chi connectivity index (χ0) is 14.1. The van der Waals surface area contributed by atoms with Gasteiger partial charge >= 0.3 is 6.09 Å². The highest BCUT2D eigenvalue weighted by Gasteiger charge is 2.28. The van der Waals surface area contributed by atoms with Crippen LogP contribution in [0.25, 0.3) is 5.65 Å². The molecule has 0 radical (unpaired) electrons. The Hall–Kier alpha value is -1.63. The minimum absolute atomic E-state index is 0.120. The normalized spacial score (nSPS) is 22.9. The van der Waals surface area contributed by atoms with Gasteiger partial charge in [0.1, 0.15) is 11.9 Å². The quantitative estimate of drug-likeness (QED) is 0.912. The number of aromatic nitrogens is 3. The molecule has 2 heterocycles. The molecule has 106 valence electrons. The van der Waals surface area contributed by atoms with Crippen molar-refractivity contribution < 1.29 is 9.53 Å². The molecule has 0 bridgehead atoms. The third-order valence-electron chi connectivity index (χ3n) is 3.67. The monoisotopic (exact) mass is 338 g/mol. The molecule has 0 aliphatic heterocycles. The molecule has 1 aliphatic rings. The van der Waals surface area contributed by atoms with Gasteiger partial charge in [0.05, 0.1) is 0 Å². The number of nitrogens with zero attached hydrogens (tertiary/aromatic N) is 3. The van der Waals surface area contributed by atoms with Crippen LogP contribution in [0, 0.1) is 0 Å². The second-order valence-electron chi connectivity index (χ2n) is 5.06. The first-order chi connectivity index (χ1) is 9.63. The Bertz CT molecular complexity index is 642. The molecule has 7 heteroatoms. The fourth-order valence-electron chi connectivity index (χ4n) is 2.81. The minimum Gasteiger partial charge on any atom is -0.446 e. The number of fused-ring (bicyclic) bond motifs is 1. The van der Waals surface area contributed by atoms with Gasteiger partial charge in [-0.3, -0.25) is 4.40 Å². The summed E-state index contributed by atoms with van der Waals surface area (Å²) in [5, 5.41) is 8.47. The van der Waals surface area contributed by atoms with E-state index in [9.17, 15) is 4.79 Å². The van der Waals surface area contributed by atoms with Crippen LogP contribution < -0.4 is 5.73 Å². The Balaban J connectivity index is 1.86. The number of rotatable bonds is 2. The van der Waals surface area contributed by atoms with Gasteiger partial charge in [-0.15, -0.1) is 10.2 Å². The molecule has 20 heavy (non-hydrogen) atoms. The highest BCUT2D eigenvalue weighted by molar-refractivity contribution is 9.10. The maximum absolute atomic E-state index is 10.9. The van der Waals surface area contributed by atoms with E-state index in [0.29, 0.717) is 0 Å².